The third kappa shape index (κ3) is 2.28. The van der Waals surface area contributed by atoms with Gasteiger partial charge in [-0.3, -0.25) is 10.1 Å². The van der Waals surface area contributed by atoms with Gasteiger partial charge < -0.3 is 5.73 Å². The summed E-state index contributed by atoms with van der Waals surface area (Å²) in [6, 6.07) is 6.13. The van der Waals surface area contributed by atoms with E-state index in [9.17, 15) is 10.1 Å². The maximum absolute atomic E-state index is 10.5. The zero-order valence-electron chi connectivity index (χ0n) is 8.98. The fraction of sp³-hybridized carbons (Fsp3) is 0.200. The van der Waals surface area contributed by atoms with Gasteiger partial charge in [0.25, 0.3) is 5.69 Å². The largest absolute Gasteiger partial charge is 0.330 e. The third-order valence-electron chi connectivity index (χ3n) is 2.29. The van der Waals surface area contributed by atoms with Crippen LogP contribution in [-0.4, -0.2) is 26.2 Å². The van der Waals surface area contributed by atoms with Gasteiger partial charge in [-0.1, -0.05) is 0 Å². The van der Waals surface area contributed by atoms with Gasteiger partial charge in [-0.25, -0.2) is 9.67 Å². The van der Waals surface area contributed by atoms with E-state index in [-0.39, 0.29) is 5.69 Å². The van der Waals surface area contributed by atoms with Crippen molar-refractivity contribution in [1.82, 2.24) is 14.8 Å². The maximum atomic E-state index is 10.5. The van der Waals surface area contributed by atoms with Gasteiger partial charge in [0.1, 0.15) is 12.2 Å². The number of nitrogens with two attached hydrogens (primary N) is 1. The molecule has 0 amide bonds. The van der Waals surface area contributed by atoms with E-state index in [0.717, 1.165) is 11.5 Å². The summed E-state index contributed by atoms with van der Waals surface area (Å²) >= 11 is 0. The van der Waals surface area contributed by atoms with Crippen LogP contribution < -0.4 is 5.73 Å². The number of nitrogens with zero attached hydrogens (tertiary/aromatic N) is 4. The van der Waals surface area contributed by atoms with Crippen molar-refractivity contribution in [3.63, 3.8) is 0 Å². The van der Waals surface area contributed by atoms with Gasteiger partial charge in [-0.15, -0.1) is 0 Å². The van der Waals surface area contributed by atoms with Crippen molar-refractivity contribution in [3.05, 3.63) is 46.5 Å². The monoisotopic (exact) mass is 233 g/mol. The van der Waals surface area contributed by atoms with E-state index in [1.807, 2.05) is 0 Å². The Morgan fingerprint density at radius 2 is 2.06 bits per heavy atom. The lowest BCUT2D eigenvalue weighted by atomic mass is 10.3. The van der Waals surface area contributed by atoms with Crippen LogP contribution in [0.4, 0.5) is 5.69 Å². The van der Waals surface area contributed by atoms with Crippen LogP contribution in [0, 0.1) is 10.1 Å². The fourth-order valence-corrected chi connectivity index (χ4v) is 1.50. The molecule has 2 aromatic rings. The molecule has 1 heterocycles. The lowest BCUT2D eigenvalue weighted by molar-refractivity contribution is -0.384. The predicted octanol–water partition coefficient (Wildman–Crippen LogP) is 0.677. The normalized spacial score (nSPS) is 10.4. The Hall–Kier alpha value is -2.28. The van der Waals surface area contributed by atoms with Gasteiger partial charge in [0.2, 0.25) is 0 Å². The Morgan fingerprint density at radius 3 is 2.65 bits per heavy atom. The minimum atomic E-state index is -0.439. The van der Waals surface area contributed by atoms with Crippen molar-refractivity contribution in [2.45, 2.75) is 6.42 Å². The van der Waals surface area contributed by atoms with Gasteiger partial charge in [0, 0.05) is 18.6 Å². The summed E-state index contributed by atoms with van der Waals surface area (Å²) in [7, 11) is 0. The van der Waals surface area contributed by atoms with Crippen molar-refractivity contribution >= 4 is 5.69 Å². The molecule has 88 valence electrons. The summed E-state index contributed by atoms with van der Waals surface area (Å²) in [5.74, 6) is 0.737. The first-order valence-corrected chi connectivity index (χ1v) is 5.06. The first-order valence-electron chi connectivity index (χ1n) is 5.06. The minimum absolute atomic E-state index is 0.0502. The molecule has 0 spiro atoms. The highest BCUT2D eigenvalue weighted by atomic mass is 16.6. The highest BCUT2D eigenvalue weighted by Crippen LogP contribution is 2.15. The SMILES string of the molecule is NCCc1ncnn1-c1ccc([N+](=O)[O-])cc1. The van der Waals surface area contributed by atoms with Crippen LogP contribution in [0.3, 0.4) is 0 Å². The van der Waals surface area contributed by atoms with Gasteiger partial charge in [-0.2, -0.15) is 5.10 Å². The smallest absolute Gasteiger partial charge is 0.269 e. The molecule has 0 aliphatic heterocycles. The molecule has 2 rings (SSSR count). The Morgan fingerprint density at radius 1 is 1.35 bits per heavy atom. The Bertz CT molecular complexity index is 520. The molecule has 0 unspecified atom stereocenters. The molecule has 0 atom stereocenters. The molecule has 0 bridgehead atoms. The second-order valence-electron chi connectivity index (χ2n) is 3.40. The van der Waals surface area contributed by atoms with Crippen LogP contribution >= 0.6 is 0 Å². The summed E-state index contributed by atoms with van der Waals surface area (Å²) in [4.78, 5) is 14.2. The molecule has 0 radical (unpaired) electrons. The van der Waals surface area contributed by atoms with Gasteiger partial charge in [0.05, 0.1) is 10.6 Å². The molecule has 1 aromatic heterocycles. The van der Waals surface area contributed by atoms with Crippen molar-refractivity contribution in [1.29, 1.82) is 0 Å². The summed E-state index contributed by atoms with van der Waals surface area (Å²) < 4.78 is 1.62. The molecule has 0 fully saturated rings. The first-order chi connectivity index (χ1) is 8.22. The molecule has 1 aromatic carbocycles. The molecule has 0 aliphatic carbocycles. The fourth-order valence-electron chi connectivity index (χ4n) is 1.50. The molecular formula is C10H11N5O2. The van der Waals surface area contributed by atoms with E-state index in [2.05, 4.69) is 10.1 Å². The Balaban J connectivity index is 2.33. The second kappa shape index (κ2) is 4.71. The van der Waals surface area contributed by atoms with Crippen molar-refractivity contribution < 1.29 is 4.92 Å². The number of nitro groups is 1. The Labute approximate surface area is 97.0 Å². The highest BCUT2D eigenvalue weighted by Gasteiger charge is 2.08. The maximum Gasteiger partial charge on any atom is 0.269 e. The molecule has 2 N–H and O–H groups in total. The second-order valence-corrected chi connectivity index (χ2v) is 3.40. The van der Waals surface area contributed by atoms with E-state index in [1.165, 1.54) is 18.5 Å². The number of benzene rings is 1. The average Bonchev–Trinajstić information content (AvgIpc) is 2.78. The lowest BCUT2D eigenvalue weighted by Crippen LogP contribution is -2.09. The van der Waals surface area contributed by atoms with Crippen LogP contribution in [-0.2, 0) is 6.42 Å². The van der Waals surface area contributed by atoms with Gasteiger partial charge in [0.15, 0.2) is 0 Å². The number of hydrogen-bond donors (Lipinski definition) is 1. The average molecular weight is 233 g/mol. The molecule has 7 nitrogen and oxygen atoms in total. The zero-order chi connectivity index (χ0) is 12.3. The van der Waals surface area contributed by atoms with Crippen molar-refractivity contribution in [3.8, 4) is 5.69 Å². The number of rotatable bonds is 4. The quantitative estimate of drug-likeness (QED) is 0.618. The van der Waals surface area contributed by atoms with E-state index >= 15 is 0 Å². The summed E-state index contributed by atoms with van der Waals surface area (Å²) in [5, 5.41) is 14.6. The molecular weight excluding hydrogens is 222 g/mol. The number of aromatic nitrogens is 3. The molecule has 0 aliphatic rings. The zero-order valence-corrected chi connectivity index (χ0v) is 8.98. The van der Waals surface area contributed by atoms with Crippen LogP contribution in [0.1, 0.15) is 5.82 Å². The molecule has 7 heteroatoms. The van der Waals surface area contributed by atoms with Gasteiger partial charge in [-0.05, 0) is 18.7 Å². The topological polar surface area (TPSA) is 99.9 Å². The standard InChI is InChI=1S/C10H11N5O2/c11-6-5-10-12-7-13-14(10)8-1-3-9(4-2-8)15(16)17/h1-4,7H,5-6,11H2. The van der Waals surface area contributed by atoms with E-state index < -0.39 is 4.92 Å². The summed E-state index contributed by atoms with van der Waals surface area (Å²) in [6.07, 6.45) is 2.05. The first kappa shape index (κ1) is 11.2. The van der Waals surface area contributed by atoms with Crippen molar-refractivity contribution in [2.75, 3.05) is 6.54 Å². The van der Waals surface area contributed by atoms with Crippen molar-refractivity contribution in [2.24, 2.45) is 5.73 Å². The van der Waals surface area contributed by atoms with Crippen LogP contribution in [0.2, 0.25) is 0 Å². The number of non-ortho nitro benzene ring substituents is 1. The molecule has 17 heavy (non-hydrogen) atoms. The summed E-state index contributed by atoms with van der Waals surface area (Å²) in [6.45, 7) is 0.478. The van der Waals surface area contributed by atoms with Gasteiger partial charge >= 0.3 is 0 Å². The number of nitro benzene ring substituents is 1. The molecule has 0 saturated carbocycles. The van der Waals surface area contributed by atoms with Crippen LogP contribution in [0.5, 0.6) is 0 Å². The van der Waals surface area contributed by atoms with E-state index in [1.54, 1.807) is 16.8 Å². The van der Waals surface area contributed by atoms with E-state index in [4.69, 9.17) is 5.73 Å². The minimum Gasteiger partial charge on any atom is -0.330 e. The summed E-state index contributed by atoms with van der Waals surface area (Å²) in [5.41, 5.74) is 6.24. The highest BCUT2D eigenvalue weighted by molar-refractivity contribution is 5.40. The number of hydrogen-bond acceptors (Lipinski definition) is 5. The molecule has 0 saturated heterocycles. The van der Waals surface area contributed by atoms with E-state index in [0.29, 0.717) is 13.0 Å². The Kier molecular flexibility index (Phi) is 3.10. The predicted molar refractivity (Wildman–Crippen MR) is 60.8 cm³/mol. The van der Waals surface area contributed by atoms with Crippen LogP contribution in [0.15, 0.2) is 30.6 Å². The lowest BCUT2D eigenvalue weighted by Gasteiger charge is -2.04. The third-order valence-corrected chi connectivity index (χ3v) is 2.29. The van der Waals surface area contributed by atoms with Crippen LogP contribution in [0.25, 0.3) is 5.69 Å².